The zero-order valence-electron chi connectivity index (χ0n) is 16.6. The second kappa shape index (κ2) is 9.22. The van der Waals surface area contributed by atoms with Gasteiger partial charge in [0.15, 0.2) is 11.5 Å². The molecule has 2 N–H and O–H groups in total. The Kier molecular flexibility index (Phi) is 6.87. The third kappa shape index (κ3) is 4.86. The summed E-state index contributed by atoms with van der Waals surface area (Å²) in [6, 6.07) is 12.2. The van der Waals surface area contributed by atoms with Crippen molar-refractivity contribution < 1.29 is 40.0 Å². The topological polar surface area (TPSA) is 89.4 Å². The van der Waals surface area contributed by atoms with E-state index in [9.17, 15) is 13.2 Å². The highest BCUT2D eigenvalue weighted by molar-refractivity contribution is 7.89. The van der Waals surface area contributed by atoms with E-state index in [0.717, 1.165) is 36.7 Å². The SMILES string of the molecule is CC(=O)Nc1ccc(S(=O)(=O)N2CC[NH+](Cc3ccc4c(c3)OCO4)CC2)cc1.[Cl-]. The molecular formula is C20H24ClN3O5S. The van der Waals surface area contributed by atoms with Gasteiger partial charge in [-0.15, -0.1) is 0 Å². The van der Waals surface area contributed by atoms with Crippen molar-refractivity contribution in [2.75, 3.05) is 38.3 Å². The van der Waals surface area contributed by atoms with E-state index in [1.807, 2.05) is 18.2 Å². The molecule has 0 bridgehead atoms. The Bertz CT molecular complexity index is 1010. The molecule has 2 aliphatic rings. The van der Waals surface area contributed by atoms with Crippen molar-refractivity contribution in [2.24, 2.45) is 0 Å². The van der Waals surface area contributed by atoms with E-state index in [2.05, 4.69) is 5.32 Å². The summed E-state index contributed by atoms with van der Waals surface area (Å²) in [6.07, 6.45) is 0. The highest BCUT2D eigenvalue weighted by Gasteiger charge is 2.30. The van der Waals surface area contributed by atoms with Gasteiger partial charge in [-0.1, -0.05) is 0 Å². The lowest BCUT2D eigenvalue weighted by molar-refractivity contribution is -0.917. The number of carbonyl (C=O) groups excluding carboxylic acids is 1. The first-order valence-electron chi connectivity index (χ1n) is 9.52. The fourth-order valence-corrected chi connectivity index (χ4v) is 5.06. The summed E-state index contributed by atoms with van der Waals surface area (Å²) in [5.74, 6) is 1.34. The lowest BCUT2D eigenvalue weighted by atomic mass is 10.2. The smallest absolute Gasteiger partial charge is 0.243 e. The number of quaternary nitrogens is 1. The molecule has 2 aliphatic heterocycles. The molecule has 30 heavy (non-hydrogen) atoms. The fraction of sp³-hybridized carbons (Fsp3) is 0.350. The van der Waals surface area contributed by atoms with Crippen LogP contribution in [-0.4, -0.2) is 51.6 Å². The molecule has 8 nitrogen and oxygen atoms in total. The molecule has 0 aromatic heterocycles. The van der Waals surface area contributed by atoms with Gasteiger partial charge in [-0.05, 0) is 42.5 Å². The van der Waals surface area contributed by atoms with Crippen LogP contribution in [0.15, 0.2) is 47.4 Å². The quantitative estimate of drug-likeness (QED) is 0.521. The second-order valence-electron chi connectivity index (χ2n) is 7.22. The Morgan fingerprint density at radius 3 is 2.40 bits per heavy atom. The molecule has 0 unspecified atom stereocenters. The van der Waals surface area contributed by atoms with Gasteiger partial charge in [0, 0.05) is 18.2 Å². The van der Waals surface area contributed by atoms with E-state index >= 15 is 0 Å². The number of benzene rings is 2. The van der Waals surface area contributed by atoms with Crippen LogP contribution in [0.25, 0.3) is 0 Å². The van der Waals surface area contributed by atoms with Gasteiger partial charge in [-0.2, -0.15) is 4.31 Å². The van der Waals surface area contributed by atoms with Crippen molar-refractivity contribution in [3.05, 3.63) is 48.0 Å². The van der Waals surface area contributed by atoms with Crippen LogP contribution in [0.3, 0.4) is 0 Å². The molecule has 4 rings (SSSR count). The Labute approximate surface area is 182 Å². The third-order valence-corrected chi connectivity index (χ3v) is 7.05. The van der Waals surface area contributed by atoms with E-state index in [1.54, 1.807) is 12.1 Å². The van der Waals surface area contributed by atoms with Crippen LogP contribution in [0.5, 0.6) is 11.5 Å². The lowest BCUT2D eigenvalue weighted by Crippen LogP contribution is -3.13. The molecule has 10 heteroatoms. The van der Waals surface area contributed by atoms with Crippen molar-refractivity contribution >= 4 is 21.6 Å². The Balaban J connectivity index is 0.00000256. The minimum atomic E-state index is -3.54. The first-order chi connectivity index (χ1) is 13.9. The third-order valence-electron chi connectivity index (χ3n) is 5.13. The molecule has 1 fully saturated rings. The Morgan fingerprint density at radius 2 is 1.73 bits per heavy atom. The predicted octanol–water partition coefficient (Wildman–Crippen LogP) is -2.53. The van der Waals surface area contributed by atoms with Crippen LogP contribution in [-0.2, 0) is 21.4 Å². The Hall–Kier alpha value is -2.33. The number of amides is 1. The molecule has 2 heterocycles. The number of rotatable bonds is 5. The standard InChI is InChI=1S/C20H23N3O5S.ClH/c1-15(24)21-17-3-5-18(6-4-17)29(25,26)23-10-8-22(9-11-23)13-16-2-7-19-20(12-16)28-14-27-19;/h2-7,12H,8-11,13-14H2,1H3,(H,21,24);1H. The summed E-state index contributed by atoms with van der Waals surface area (Å²) in [4.78, 5) is 12.7. The average molecular weight is 454 g/mol. The monoisotopic (exact) mass is 453 g/mol. The number of sulfonamides is 1. The summed E-state index contributed by atoms with van der Waals surface area (Å²) in [7, 11) is -3.54. The number of piperazine rings is 1. The number of hydrogen-bond donors (Lipinski definition) is 2. The zero-order valence-corrected chi connectivity index (χ0v) is 18.1. The molecular weight excluding hydrogens is 430 g/mol. The van der Waals surface area contributed by atoms with E-state index in [1.165, 1.54) is 28.3 Å². The maximum Gasteiger partial charge on any atom is 0.243 e. The number of hydrogen-bond acceptors (Lipinski definition) is 5. The van der Waals surface area contributed by atoms with E-state index in [4.69, 9.17) is 9.47 Å². The molecule has 162 valence electrons. The summed E-state index contributed by atoms with van der Waals surface area (Å²) >= 11 is 0. The van der Waals surface area contributed by atoms with Crippen molar-refractivity contribution in [1.29, 1.82) is 0 Å². The highest BCUT2D eigenvalue weighted by atomic mass is 35.5. The van der Waals surface area contributed by atoms with Crippen molar-refractivity contribution in [3.63, 3.8) is 0 Å². The average Bonchev–Trinajstić information content (AvgIpc) is 3.16. The van der Waals surface area contributed by atoms with Gasteiger partial charge in [0.2, 0.25) is 22.7 Å². The molecule has 0 atom stereocenters. The van der Waals surface area contributed by atoms with Crippen LogP contribution in [0.4, 0.5) is 5.69 Å². The van der Waals surface area contributed by atoms with Gasteiger partial charge in [-0.25, -0.2) is 8.42 Å². The van der Waals surface area contributed by atoms with Gasteiger partial charge >= 0.3 is 0 Å². The maximum atomic E-state index is 12.9. The molecule has 0 radical (unpaired) electrons. The number of anilines is 1. The Morgan fingerprint density at radius 1 is 1.07 bits per heavy atom. The van der Waals surface area contributed by atoms with Crippen LogP contribution in [0.1, 0.15) is 12.5 Å². The van der Waals surface area contributed by atoms with Crippen LogP contribution in [0.2, 0.25) is 0 Å². The van der Waals surface area contributed by atoms with Crippen molar-refractivity contribution in [1.82, 2.24) is 4.31 Å². The molecule has 1 saturated heterocycles. The maximum absolute atomic E-state index is 12.9. The van der Waals surface area contributed by atoms with Crippen molar-refractivity contribution in [3.8, 4) is 11.5 Å². The van der Waals surface area contributed by atoms with Crippen LogP contribution in [0, 0.1) is 0 Å². The largest absolute Gasteiger partial charge is 1.00 e. The minimum Gasteiger partial charge on any atom is -1.00 e. The van der Waals surface area contributed by atoms with Crippen LogP contribution < -0.4 is 32.1 Å². The first kappa shape index (κ1) is 22.4. The van der Waals surface area contributed by atoms with E-state index in [-0.39, 0.29) is 30.0 Å². The summed E-state index contributed by atoms with van der Waals surface area (Å²) < 4.78 is 38.1. The van der Waals surface area contributed by atoms with Gasteiger partial charge in [0.05, 0.1) is 31.1 Å². The summed E-state index contributed by atoms with van der Waals surface area (Å²) in [6.45, 7) is 4.89. The summed E-state index contributed by atoms with van der Waals surface area (Å²) in [5, 5.41) is 2.64. The molecule has 1 amide bonds. The highest BCUT2D eigenvalue weighted by Crippen LogP contribution is 2.32. The molecule has 0 aliphatic carbocycles. The number of nitrogens with one attached hydrogen (secondary N) is 2. The number of ether oxygens (including phenoxy) is 2. The van der Waals surface area contributed by atoms with E-state index in [0.29, 0.717) is 18.8 Å². The zero-order chi connectivity index (χ0) is 20.4. The molecule has 2 aromatic carbocycles. The second-order valence-corrected chi connectivity index (χ2v) is 9.16. The normalized spacial score (nSPS) is 16.7. The molecule has 2 aromatic rings. The summed E-state index contributed by atoms with van der Waals surface area (Å²) in [5.41, 5.74) is 1.73. The number of carbonyl (C=O) groups is 1. The van der Waals surface area contributed by atoms with Gasteiger partial charge in [-0.3, -0.25) is 4.79 Å². The number of halogens is 1. The molecule has 0 spiro atoms. The van der Waals surface area contributed by atoms with E-state index < -0.39 is 10.0 Å². The van der Waals surface area contributed by atoms with Gasteiger partial charge in [0.25, 0.3) is 0 Å². The molecule has 0 saturated carbocycles. The van der Waals surface area contributed by atoms with Gasteiger partial charge in [0.1, 0.15) is 6.54 Å². The number of nitrogens with zero attached hydrogens (tertiary/aromatic N) is 1. The lowest BCUT2D eigenvalue weighted by Gasteiger charge is -2.31. The minimum absolute atomic E-state index is 0. The first-order valence-corrected chi connectivity index (χ1v) is 11.0. The predicted molar refractivity (Wildman–Crippen MR) is 106 cm³/mol. The van der Waals surface area contributed by atoms with Crippen LogP contribution >= 0.6 is 0 Å². The van der Waals surface area contributed by atoms with Gasteiger partial charge < -0.3 is 32.1 Å². The number of fused-ring (bicyclic) bond motifs is 1. The fourth-order valence-electron chi connectivity index (χ4n) is 3.62. The van der Waals surface area contributed by atoms with Crippen molar-refractivity contribution in [2.45, 2.75) is 18.4 Å².